The van der Waals surface area contributed by atoms with Crippen LogP contribution in [0, 0.1) is 11.7 Å². The summed E-state index contributed by atoms with van der Waals surface area (Å²) in [5.41, 5.74) is 2.85. The number of thiazole rings is 1. The highest BCUT2D eigenvalue weighted by Gasteiger charge is 2.48. The summed E-state index contributed by atoms with van der Waals surface area (Å²) in [5, 5.41) is 13.4. The van der Waals surface area contributed by atoms with E-state index in [0.29, 0.717) is 25.2 Å². The Balaban J connectivity index is 1.25. The van der Waals surface area contributed by atoms with Crippen LogP contribution in [0.25, 0.3) is 20.5 Å². The van der Waals surface area contributed by atoms with Gasteiger partial charge >= 0.3 is 5.97 Å². The fraction of sp³-hybridized carbons (Fsp3) is 0.280. The van der Waals surface area contributed by atoms with Gasteiger partial charge in [-0.2, -0.15) is 0 Å². The van der Waals surface area contributed by atoms with Gasteiger partial charge in [0, 0.05) is 51.8 Å². The average Bonchev–Trinajstić information content (AvgIpc) is 3.17. The highest BCUT2D eigenvalue weighted by molar-refractivity contribution is 7.22. The lowest BCUT2D eigenvalue weighted by molar-refractivity contribution is -0.147. The molecular formula is C25H21FN2O2S2. The third kappa shape index (κ3) is 3.36. The van der Waals surface area contributed by atoms with Crippen LogP contribution in [-0.2, 0) is 16.8 Å². The summed E-state index contributed by atoms with van der Waals surface area (Å²) < 4.78 is 16.1. The molecule has 162 valence electrons. The van der Waals surface area contributed by atoms with E-state index in [9.17, 15) is 9.18 Å². The molecule has 1 saturated carbocycles. The molecule has 0 atom stereocenters. The third-order valence-corrected chi connectivity index (χ3v) is 8.80. The minimum atomic E-state index is -0.755. The number of rotatable bonds is 6. The number of aromatic nitrogens is 1. The number of carbonyl (C=O) groups is 1. The monoisotopic (exact) mass is 464 g/mol. The number of hydrogen-bond acceptors (Lipinski definition) is 5. The molecule has 0 spiro atoms. The number of aliphatic carboxylic acids is 1. The summed E-state index contributed by atoms with van der Waals surface area (Å²) in [6.07, 6.45) is 4.13. The molecule has 32 heavy (non-hydrogen) atoms. The molecule has 2 aliphatic rings. The van der Waals surface area contributed by atoms with E-state index in [1.165, 1.54) is 10.6 Å². The summed E-state index contributed by atoms with van der Waals surface area (Å²) in [6, 6.07) is 14.1. The Labute approximate surface area is 193 Å². The lowest BCUT2D eigenvalue weighted by Gasteiger charge is -2.36. The van der Waals surface area contributed by atoms with Crippen molar-refractivity contribution in [1.29, 1.82) is 0 Å². The van der Waals surface area contributed by atoms with Crippen LogP contribution < -0.4 is 0 Å². The van der Waals surface area contributed by atoms with Crippen LogP contribution in [-0.4, -0.2) is 34.0 Å². The molecule has 1 N–H and O–H groups in total. The van der Waals surface area contributed by atoms with Crippen molar-refractivity contribution >= 4 is 38.7 Å². The Bertz CT molecular complexity index is 1320. The van der Waals surface area contributed by atoms with Crippen molar-refractivity contribution in [3.05, 3.63) is 76.0 Å². The second-order valence-electron chi connectivity index (χ2n) is 8.83. The zero-order valence-corrected chi connectivity index (χ0v) is 18.9. The van der Waals surface area contributed by atoms with Gasteiger partial charge in [-0.05, 0) is 53.6 Å². The highest BCUT2D eigenvalue weighted by atomic mass is 32.1. The number of likely N-dealkylation sites (tertiary alicyclic amines) is 1. The van der Waals surface area contributed by atoms with Crippen molar-refractivity contribution < 1.29 is 14.3 Å². The van der Waals surface area contributed by atoms with Crippen LogP contribution in [0.4, 0.5) is 4.39 Å². The quantitative estimate of drug-likeness (QED) is 0.394. The van der Waals surface area contributed by atoms with E-state index < -0.39 is 5.97 Å². The van der Waals surface area contributed by atoms with Gasteiger partial charge in [0.15, 0.2) is 0 Å². The summed E-state index contributed by atoms with van der Waals surface area (Å²) in [7, 11) is 0. The molecule has 0 amide bonds. The third-order valence-electron chi connectivity index (χ3n) is 6.67. The lowest BCUT2D eigenvalue weighted by atomic mass is 9.95. The first-order valence-electron chi connectivity index (χ1n) is 10.7. The summed E-state index contributed by atoms with van der Waals surface area (Å²) >= 11 is 3.33. The second-order valence-corrected chi connectivity index (χ2v) is 10.8. The normalized spacial score (nSPS) is 18.0. The zero-order chi connectivity index (χ0) is 21.9. The Kier molecular flexibility index (Phi) is 4.68. The van der Waals surface area contributed by atoms with Crippen LogP contribution in [0.1, 0.15) is 29.0 Å². The molecule has 4 nitrogen and oxygen atoms in total. The van der Waals surface area contributed by atoms with E-state index in [1.807, 2.05) is 28.6 Å². The summed E-state index contributed by atoms with van der Waals surface area (Å²) in [4.78, 5) is 18.5. The number of halogens is 1. The maximum Gasteiger partial charge on any atom is 0.309 e. The van der Waals surface area contributed by atoms with Crippen LogP contribution in [0.15, 0.2) is 54.0 Å². The molecule has 2 aromatic carbocycles. The zero-order valence-electron chi connectivity index (χ0n) is 17.3. The van der Waals surface area contributed by atoms with E-state index in [4.69, 9.17) is 5.11 Å². The molecule has 1 aliphatic carbocycles. The highest BCUT2D eigenvalue weighted by Crippen LogP contribution is 2.54. The first-order valence-corrected chi connectivity index (χ1v) is 12.4. The molecule has 1 saturated heterocycles. The van der Waals surface area contributed by atoms with E-state index in [0.717, 1.165) is 33.4 Å². The van der Waals surface area contributed by atoms with Gasteiger partial charge in [-0.25, -0.2) is 9.37 Å². The van der Waals surface area contributed by atoms with Gasteiger partial charge in [0.1, 0.15) is 10.8 Å². The second kappa shape index (κ2) is 7.47. The number of fused-ring (bicyclic) bond motifs is 1. The molecule has 0 unspecified atom stereocenters. The molecule has 1 aliphatic heterocycles. The van der Waals surface area contributed by atoms with Crippen molar-refractivity contribution in [2.75, 3.05) is 13.1 Å². The summed E-state index contributed by atoms with van der Waals surface area (Å²) in [6.45, 7) is 1.63. The number of thiophene rings is 1. The number of hydrogen-bond donors (Lipinski definition) is 1. The van der Waals surface area contributed by atoms with Crippen molar-refractivity contribution in [3.8, 4) is 10.4 Å². The molecule has 2 fully saturated rings. The predicted octanol–water partition coefficient (Wildman–Crippen LogP) is 5.76. The largest absolute Gasteiger partial charge is 0.481 e. The molecule has 0 radical (unpaired) electrons. The Morgan fingerprint density at radius 1 is 1.19 bits per heavy atom. The Morgan fingerprint density at radius 2 is 2.03 bits per heavy atom. The van der Waals surface area contributed by atoms with Crippen molar-refractivity contribution in [1.82, 2.24) is 9.88 Å². The van der Waals surface area contributed by atoms with Crippen LogP contribution in [0.5, 0.6) is 0 Å². The van der Waals surface area contributed by atoms with Crippen LogP contribution in [0.3, 0.4) is 0 Å². The predicted molar refractivity (Wildman–Crippen MR) is 126 cm³/mol. The average molecular weight is 465 g/mol. The molecule has 4 aromatic rings. The van der Waals surface area contributed by atoms with E-state index in [2.05, 4.69) is 29.2 Å². The smallest absolute Gasteiger partial charge is 0.309 e. The van der Waals surface area contributed by atoms with Crippen LogP contribution >= 0.6 is 22.7 Å². The SMILES string of the molecule is O=C(O)C1CN(Cc2ccc(-c3cc4cc(C5(c6nccs6)CC5)ccc4s3)c(F)c2)C1. The topological polar surface area (TPSA) is 53.4 Å². The minimum absolute atomic E-state index is 0.0634. The standard InChI is InChI=1S/C25H21FN2O2S2/c26-20-9-15(12-28-13-17(14-28)23(29)30)1-3-19(20)22-11-16-10-18(2-4-21(16)32-22)25(5-6-25)24-27-7-8-31-24/h1-4,7-11,17H,5-6,12-14H2,(H,29,30). The molecule has 0 bridgehead atoms. The minimum Gasteiger partial charge on any atom is -0.481 e. The van der Waals surface area contributed by atoms with Gasteiger partial charge in [-0.15, -0.1) is 22.7 Å². The van der Waals surface area contributed by atoms with Gasteiger partial charge < -0.3 is 5.11 Å². The van der Waals surface area contributed by atoms with Gasteiger partial charge in [0.05, 0.1) is 5.92 Å². The van der Waals surface area contributed by atoms with Gasteiger partial charge in [-0.1, -0.05) is 18.2 Å². The maximum absolute atomic E-state index is 15.0. The number of nitrogens with zero attached hydrogens (tertiary/aromatic N) is 2. The fourth-order valence-electron chi connectivity index (χ4n) is 4.65. The molecular weight excluding hydrogens is 443 g/mol. The van der Waals surface area contributed by atoms with Crippen molar-refractivity contribution in [3.63, 3.8) is 0 Å². The molecule has 6 rings (SSSR count). The molecule has 3 heterocycles. The lowest BCUT2D eigenvalue weighted by Crippen LogP contribution is -2.49. The van der Waals surface area contributed by atoms with Crippen molar-refractivity contribution in [2.24, 2.45) is 5.92 Å². The summed E-state index contributed by atoms with van der Waals surface area (Å²) in [5.74, 6) is -1.28. The number of benzene rings is 2. The van der Waals surface area contributed by atoms with Gasteiger partial charge in [0.2, 0.25) is 0 Å². The van der Waals surface area contributed by atoms with Crippen LogP contribution in [0.2, 0.25) is 0 Å². The molecule has 7 heteroatoms. The maximum atomic E-state index is 15.0. The Hall–Kier alpha value is -2.61. The number of carboxylic acids is 1. The first-order chi connectivity index (χ1) is 15.5. The fourth-order valence-corrected chi connectivity index (χ4v) is 6.64. The first kappa shape index (κ1) is 20.0. The van der Waals surface area contributed by atoms with E-state index in [-0.39, 0.29) is 17.2 Å². The van der Waals surface area contributed by atoms with E-state index >= 15 is 0 Å². The van der Waals surface area contributed by atoms with Gasteiger partial charge in [0.25, 0.3) is 0 Å². The number of carboxylic acid groups (broad SMARTS) is 1. The van der Waals surface area contributed by atoms with E-state index in [1.54, 1.807) is 28.7 Å². The molecule has 2 aromatic heterocycles. The van der Waals surface area contributed by atoms with Gasteiger partial charge in [-0.3, -0.25) is 9.69 Å². The van der Waals surface area contributed by atoms with Crippen molar-refractivity contribution in [2.45, 2.75) is 24.8 Å². The Morgan fingerprint density at radius 3 is 2.72 bits per heavy atom.